The van der Waals surface area contributed by atoms with E-state index >= 15 is 0 Å². The summed E-state index contributed by atoms with van der Waals surface area (Å²) in [5.41, 5.74) is 0.268. The lowest BCUT2D eigenvalue weighted by atomic mass is 10.3. The van der Waals surface area contributed by atoms with Gasteiger partial charge in [-0.1, -0.05) is 23.2 Å². The number of nitrogens with one attached hydrogen (secondary N) is 1. The second-order valence-corrected chi connectivity index (χ2v) is 8.67. The fourth-order valence-corrected chi connectivity index (χ4v) is 4.31. The van der Waals surface area contributed by atoms with E-state index in [1.807, 2.05) is 0 Å². The van der Waals surface area contributed by atoms with Gasteiger partial charge >= 0.3 is 0 Å². The van der Waals surface area contributed by atoms with Crippen LogP contribution in [0.15, 0.2) is 47.4 Å². The fraction of sp³-hybridized carbons (Fsp3) is 0.278. The average molecular weight is 429 g/mol. The molecule has 3 rings (SSSR count). The highest BCUT2D eigenvalue weighted by molar-refractivity contribution is 7.92. The van der Waals surface area contributed by atoms with Crippen molar-refractivity contribution in [2.24, 2.45) is 0 Å². The minimum Gasteiger partial charge on any atom is -0.484 e. The Bertz CT molecular complexity index is 907. The van der Waals surface area contributed by atoms with Crippen LogP contribution in [0.3, 0.4) is 0 Å². The maximum absolute atomic E-state index is 12.5. The molecule has 0 aliphatic carbocycles. The molecule has 9 heteroatoms. The molecule has 6 nitrogen and oxygen atoms in total. The van der Waals surface area contributed by atoms with Gasteiger partial charge in [0.05, 0.1) is 10.6 Å². The average Bonchev–Trinajstić information content (AvgIpc) is 3.13. The summed E-state index contributed by atoms with van der Waals surface area (Å²) in [6.45, 7) is 1.46. The van der Waals surface area contributed by atoms with Crippen LogP contribution in [0.5, 0.6) is 5.75 Å². The van der Waals surface area contributed by atoms with Gasteiger partial charge < -0.3 is 9.64 Å². The zero-order valence-electron chi connectivity index (χ0n) is 14.3. The van der Waals surface area contributed by atoms with Crippen molar-refractivity contribution in [1.82, 2.24) is 4.90 Å². The summed E-state index contributed by atoms with van der Waals surface area (Å²) >= 11 is 11.8. The Labute approximate surface area is 168 Å². The summed E-state index contributed by atoms with van der Waals surface area (Å²) in [5, 5.41) is 0.651. The van der Waals surface area contributed by atoms with Crippen molar-refractivity contribution in [2.45, 2.75) is 17.7 Å². The highest BCUT2D eigenvalue weighted by Crippen LogP contribution is 2.25. The van der Waals surface area contributed by atoms with Gasteiger partial charge in [0.25, 0.3) is 15.9 Å². The third-order valence-electron chi connectivity index (χ3n) is 4.07. The van der Waals surface area contributed by atoms with Crippen molar-refractivity contribution in [1.29, 1.82) is 0 Å². The van der Waals surface area contributed by atoms with Gasteiger partial charge in [-0.25, -0.2) is 8.42 Å². The Morgan fingerprint density at radius 1 is 1.04 bits per heavy atom. The van der Waals surface area contributed by atoms with Gasteiger partial charge in [-0.15, -0.1) is 0 Å². The fourth-order valence-electron chi connectivity index (χ4n) is 2.74. The lowest BCUT2D eigenvalue weighted by Gasteiger charge is -2.15. The molecule has 1 aliphatic rings. The van der Waals surface area contributed by atoms with Gasteiger partial charge in [-0.05, 0) is 55.3 Å². The number of likely N-dealkylation sites (tertiary alicyclic amines) is 1. The highest BCUT2D eigenvalue weighted by Gasteiger charge is 2.19. The molecule has 1 amide bonds. The largest absolute Gasteiger partial charge is 0.484 e. The van der Waals surface area contributed by atoms with Crippen molar-refractivity contribution >= 4 is 44.8 Å². The number of ether oxygens (including phenoxy) is 1. The molecule has 1 aliphatic heterocycles. The lowest BCUT2D eigenvalue weighted by Crippen LogP contribution is -2.32. The van der Waals surface area contributed by atoms with E-state index in [0.29, 0.717) is 15.8 Å². The molecule has 1 N–H and O–H groups in total. The molecule has 0 spiro atoms. The normalized spacial score (nSPS) is 14.2. The number of hydrogen-bond acceptors (Lipinski definition) is 4. The maximum Gasteiger partial charge on any atom is 0.261 e. The Hall–Kier alpha value is -1.96. The first-order valence-corrected chi connectivity index (χ1v) is 10.6. The second kappa shape index (κ2) is 8.37. The van der Waals surface area contributed by atoms with E-state index in [0.717, 1.165) is 25.9 Å². The third kappa shape index (κ3) is 5.28. The van der Waals surface area contributed by atoms with Crippen molar-refractivity contribution < 1.29 is 17.9 Å². The van der Waals surface area contributed by atoms with Crippen molar-refractivity contribution in [3.8, 4) is 5.75 Å². The molecule has 27 heavy (non-hydrogen) atoms. The van der Waals surface area contributed by atoms with Crippen LogP contribution in [-0.2, 0) is 14.8 Å². The van der Waals surface area contributed by atoms with Crippen LogP contribution in [0.1, 0.15) is 12.8 Å². The number of amides is 1. The number of anilines is 1. The standard InChI is InChI=1S/C18H18Cl2N2O4S/c19-13-9-14(20)11-15(10-13)21-27(24,25)17-5-3-16(4-6-17)26-12-18(23)22-7-1-2-8-22/h3-6,9-11,21H,1-2,7-8,12H2. The molecule has 0 radical (unpaired) electrons. The summed E-state index contributed by atoms with van der Waals surface area (Å²) < 4.78 is 32.8. The Kier molecular flexibility index (Phi) is 6.14. The molecule has 1 saturated heterocycles. The first-order valence-electron chi connectivity index (χ1n) is 8.33. The summed E-state index contributed by atoms with van der Waals surface area (Å²) in [6, 6.07) is 10.3. The summed E-state index contributed by atoms with van der Waals surface area (Å²) in [7, 11) is -3.81. The van der Waals surface area contributed by atoms with E-state index < -0.39 is 10.0 Å². The van der Waals surface area contributed by atoms with E-state index in [2.05, 4.69) is 4.72 Å². The Balaban J connectivity index is 1.63. The van der Waals surface area contributed by atoms with Crippen molar-refractivity contribution in [3.63, 3.8) is 0 Å². The van der Waals surface area contributed by atoms with Crippen molar-refractivity contribution in [2.75, 3.05) is 24.4 Å². The molecule has 0 bridgehead atoms. The molecular formula is C18H18Cl2N2O4S. The van der Waals surface area contributed by atoms with Crippen LogP contribution in [0.25, 0.3) is 0 Å². The smallest absolute Gasteiger partial charge is 0.261 e. The molecular weight excluding hydrogens is 411 g/mol. The summed E-state index contributed by atoms with van der Waals surface area (Å²) in [5.74, 6) is 0.357. The second-order valence-electron chi connectivity index (χ2n) is 6.11. The van der Waals surface area contributed by atoms with E-state index in [-0.39, 0.29) is 23.1 Å². The lowest BCUT2D eigenvalue weighted by molar-refractivity contribution is -0.132. The van der Waals surface area contributed by atoms with Gasteiger partial charge in [-0.2, -0.15) is 0 Å². The predicted octanol–water partition coefficient (Wildman–Crippen LogP) is 3.80. The molecule has 1 heterocycles. The third-order valence-corrected chi connectivity index (χ3v) is 5.90. The van der Waals surface area contributed by atoms with Crippen LogP contribution in [0.2, 0.25) is 10.0 Å². The first-order chi connectivity index (χ1) is 12.8. The van der Waals surface area contributed by atoms with E-state index in [1.165, 1.54) is 42.5 Å². The van der Waals surface area contributed by atoms with Crippen LogP contribution >= 0.6 is 23.2 Å². The van der Waals surface area contributed by atoms with Crippen LogP contribution < -0.4 is 9.46 Å². The number of halogens is 2. The van der Waals surface area contributed by atoms with Crippen LogP contribution in [0.4, 0.5) is 5.69 Å². The Morgan fingerprint density at radius 3 is 2.22 bits per heavy atom. The molecule has 144 valence electrons. The number of benzene rings is 2. The number of nitrogens with zero attached hydrogens (tertiary/aromatic N) is 1. The van der Waals surface area contributed by atoms with E-state index in [9.17, 15) is 13.2 Å². The molecule has 0 atom stereocenters. The van der Waals surface area contributed by atoms with Gasteiger partial charge in [0, 0.05) is 23.1 Å². The zero-order chi connectivity index (χ0) is 19.4. The Morgan fingerprint density at radius 2 is 1.63 bits per heavy atom. The maximum atomic E-state index is 12.5. The molecule has 1 fully saturated rings. The highest BCUT2D eigenvalue weighted by atomic mass is 35.5. The van der Waals surface area contributed by atoms with Gasteiger partial charge in [-0.3, -0.25) is 9.52 Å². The van der Waals surface area contributed by atoms with Gasteiger partial charge in [0.2, 0.25) is 0 Å². The summed E-state index contributed by atoms with van der Waals surface area (Å²) in [6.07, 6.45) is 2.03. The number of rotatable bonds is 6. The SMILES string of the molecule is O=C(COc1ccc(S(=O)(=O)Nc2cc(Cl)cc(Cl)c2)cc1)N1CCCC1. The molecule has 0 aromatic heterocycles. The van der Waals surface area contributed by atoms with Gasteiger partial charge in [0.15, 0.2) is 6.61 Å². The van der Waals surface area contributed by atoms with E-state index in [4.69, 9.17) is 27.9 Å². The molecule has 2 aromatic carbocycles. The monoisotopic (exact) mass is 428 g/mol. The number of sulfonamides is 1. The number of hydrogen-bond donors (Lipinski definition) is 1. The van der Waals surface area contributed by atoms with Crippen LogP contribution in [-0.4, -0.2) is 38.9 Å². The number of carbonyl (C=O) groups excluding carboxylic acids is 1. The zero-order valence-corrected chi connectivity index (χ0v) is 16.6. The minimum atomic E-state index is -3.81. The quantitative estimate of drug-likeness (QED) is 0.758. The van der Waals surface area contributed by atoms with Crippen LogP contribution in [0, 0.1) is 0 Å². The first kappa shape index (κ1) is 19.8. The summed E-state index contributed by atoms with van der Waals surface area (Å²) in [4.78, 5) is 13.8. The minimum absolute atomic E-state index is 0.0526. The molecule has 0 saturated carbocycles. The topological polar surface area (TPSA) is 75.7 Å². The van der Waals surface area contributed by atoms with E-state index in [1.54, 1.807) is 4.90 Å². The van der Waals surface area contributed by atoms with Gasteiger partial charge in [0.1, 0.15) is 5.75 Å². The van der Waals surface area contributed by atoms with Crippen molar-refractivity contribution in [3.05, 3.63) is 52.5 Å². The molecule has 0 unspecified atom stereocenters. The predicted molar refractivity (Wildman–Crippen MR) is 105 cm³/mol. The molecule has 2 aromatic rings. The number of carbonyl (C=O) groups is 1.